The topological polar surface area (TPSA) is 84.2 Å². The van der Waals surface area contributed by atoms with Crippen molar-refractivity contribution in [3.05, 3.63) is 120 Å². The van der Waals surface area contributed by atoms with Gasteiger partial charge >= 0.3 is 5.97 Å². The van der Waals surface area contributed by atoms with Crippen molar-refractivity contribution in [3.8, 4) is 16.9 Å². The molecular formula is C31H25N3O3. The fraction of sp³-hybridized carbons (Fsp3) is 0.0645. The number of aromatic carboxylic acids is 1. The van der Waals surface area contributed by atoms with E-state index >= 15 is 0 Å². The lowest BCUT2D eigenvalue weighted by Gasteiger charge is -2.12. The zero-order valence-electron chi connectivity index (χ0n) is 20.5. The van der Waals surface area contributed by atoms with Crippen LogP contribution < -0.4 is 5.32 Å². The number of fused-ring (bicyclic) bond motifs is 1. The summed E-state index contributed by atoms with van der Waals surface area (Å²) in [5.41, 5.74) is 5.10. The lowest BCUT2D eigenvalue weighted by molar-refractivity contribution is -0.111. The average molecular weight is 488 g/mol. The third-order valence-electron chi connectivity index (χ3n) is 6.19. The lowest BCUT2D eigenvalue weighted by atomic mass is 10.0. The second-order valence-electron chi connectivity index (χ2n) is 8.86. The fourth-order valence-electron chi connectivity index (χ4n) is 4.34. The molecule has 0 aliphatic heterocycles. The molecule has 0 unspecified atom stereocenters. The van der Waals surface area contributed by atoms with E-state index in [4.69, 9.17) is 0 Å². The molecule has 0 aliphatic carbocycles. The quantitative estimate of drug-likeness (QED) is 0.260. The van der Waals surface area contributed by atoms with E-state index in [9.17, 15) is 14.7 Å². The van der Waals surface area contributed by atoms with Gasteiger partial charge in [0.15, 0.2) is 0 Å². The maximum atomic E-state index is 12.8. The SMILES string of the molecule is C/C(=C/C(=O)Nc1ccc(-n2nc(C)cc2-c2ccccc2)cc1C(=O)O)c1ccc2ccccc2c1. The van der Waals surface area contributed by atoms with Crippen LogP contribution >= 0.6 is 0 Å². The first-order chi connectivity index (χ1) is 17.9. The number of carboxylic acids is 1. The number of hydrogen-bond acceptors (Lipinski definition) is 3. The number of hydrogen-bond donors (Lipinski definition) is 2. The van der Waals surface area contributed by atoms with Crippen molar-refractivity contribution >= 4 is 33.9 Å². The summed E-state index contributed by atoms with van der Waals surface area (Å²) in [6.45, 7) is 3.75. The van der Waals surface area contributed by atoms with Crippen LogP contribution in [-0.4, -0.2) is 26.8 Å². The van der Waals surface area contributed by atoms with E-state index in [1.807, 2.05) is 92.7 Å². The Hall–Kier alpha value is -4.97. The molecule has 6 heteroatoms. The third kappa shape index (κ3) is 5.04. The second kappa shape index (κ2) is 9.95. The van der Waals surface area contributed by atoms with Crippen LogP contribution in [-0.2, 0) is 4.79 Å². The highest BCUT2D eigenvalue weighted by molar-refractivity contribution is 6.07. The summed E-state index contributed by atoms with van der Waals surface area (Å²) in [6.07, 6.45) is 1.48. The molecular weight excluding hydrogens is 462 g/mol. The van der Waals surface area contributed by atoms with Crippen molar-refractivity contribution in [2.24, 2.45) is 0 Å². The van der Waals surface area contributed by atoms with Gasteiger partial charge in [-0.1, -0.05) is 66.7 Å². The Morgan fingerprint density at radius 2 is 1.59 bits per heavy atom. The molecule has 6 nitrogen and oxygen atoms in total. The van der Waals surface area contributed by atoms with E-state index in [2.05, 4.69) is 10.4 Å². The Balaban J connectivity index is 1.43. The molecule has 37 heavy (non-hydrogen) atoms. The van der Waals surface area contributed by atoms with Gasteiger partial charge in [0, 0.05) is 11.6 Å². The van der Waals surface area contributed by atoms with Gasteiger partial charge in [0.05, 0.1) is 28.3 Å². The molecule has 4 aromatic carbocycles. The number of allylic oxidation sites excluding steroid dienone is 1. The fourth-order valence-corrected chi connectivity index (χ4v) is 4.34. The lowest BCUT2D eigenvalue weighted by Crippen LogP contribution is -2.13. The molecule has 182 valence electrons. The van der Waals surface area contributed by atoms with Crippen LogP contribution in [0.3, 0.4) is 0 Å². The van der Waals surface area contributed by atoms with Gasteiger partial charge in [-0.05, 0) is 66.1 Å². The number of rotatable bonds is 6. The first-order valence-corrected chi connectivity index (χ1v) is 11.9. The Kier molecular flexibility index (Phi) is 6.39. The molecule has 0 aliphatic rings. The average Bonchev–Trinajstić information content (AvgIpc) is 3.30. The Morgan fingerprint density at radius 1 is 0.865 bits per heavy atom. The number of anilines is 1. The number of nitrogens with zero attached hydrogens (tertiary/aromatic N) is 2. The Bertz CT molecular complexity index is 1670. The van der Waals surface area contributed by atoms with Crippen molar-refractivity contribution in [1.82, 2.24) is 9.78 Å². The molecule has 0 radical (unpaired) electrons. The summed E-state index contributed by atoms with van der Waals surface area (Å²) < 4.78 is 1.71. The second-order valence-corrected chi connectivity index (χ2v) is 8.86. The van der Waals surface area contributed by atoms with Crippen LogP contribution in [0.15, 0.2) is 103 Å². The van der Waals surface area contributed by atoms with E-state index in [0.717, 1.165) is 38.9 Å². The molecule has 0 fully saturated rings. The minimum atomic E-state index is -1.14. The zero-order valence-corrected chi connectivity index (χ0v) is 20.5. The number of amides is 1. The van der Waals surface area contributed by atoms with Crippen LogP contribution in [0.2, 0.25) is 0 Å². The summed E-state index contributed by atoms with van der Waals surface area (Å²) in [6, 6.07) is 30.6. The predicted octanol–water partition coefficient (Wildman–Crippen LogP) is 6.74. The molecule has 0 atom stereocenters. The van der Waals surface area contributed by atoms with Crippen LogP contribution in [0.4, 0.5) is 5.69 Å². The first-order valence-electron chi connectivity index (χ1n) is 11.9. The molecule has 1 heterocycles. The summed E-state index contributed by atoms with van der Waals surface area (Å²) in [4.78, 5) is 25.0. The molecule has 0 spiro atoms. The van der Waals surface area contributed by atoms with Crippen LogP contribution in [0.5, 0.6) is 0 Å². The molecule has 0 saturated carbocycles. The largest absolute Gasteiger partial charge is 0.478 e. The Morgan fingerprint density at radius 3 is 2.35 bits per heavy atom. The van der Waals surface area contributed by atoms with Gasteiger partial charge in [-0.3, -0.25) is 4.79 Å². The number of aryl methyl sites for hydroxylation is 1. The summed E-state index contributed by atoms with van der Waals surface area (Å²) in [7, 11) is 0. The number of carboxylic acid groups (broad SMARTS) is 1. The highest BCUT2D eigenvalue weighted by atomic mass is 16.4. The number of carbonyl (C=O) groups is 2. The molecule has 5 rings (SSSR count). The molecule has 5 aromatic rings. The van der Waals surface area contributed by atoms with Gasteiger partial charge < -0.3 is 10.4 Å². The van der Waals surface area contributed by atoms with Gasteiger partial charge in [-0.15, -0.1) is 0 Å². The smallest absolute Gasteiger partial charge is 0.337 e. The molecule has 1 aromatic heterocycles. The molecule has 2 N–H and O–H groups in total. The van der Waals surface area contributed by atoms with Crippen molar-refractivity contribution in [2.45, 2.75) is 13.8 Å². The van der Waals surface area contributed by atoms with Crippen LogP contribution in [0.25, 0.3) is 33.3 Å². The number of benzene rings is 4. The first kappa shape index (κ1) is 23.8. The minimum Gasteiger partial charge on any atom is -0.478 e. The number of carbonyl (C=O) groups excluding carboxylic acids is 1. The number of aromatic nitrogens is 2. The maximum Gasteiger partial charge on any atom is 0.337 e. The highest BCUT2D eigenvalue weighted by Crippen LogP contribution is 2.27. The van der Waals surface area contributed by atoms with Gasteiger partial charge in [0.2, 0.25) is 5.91 Å². The monoisotopic (exact) mass is 487 g/mol. The van der Waals surface area contributed by atoms with Crippen molar-refractivity contribution in [3.63, 3.8) is 0 Å². The maximum absolute atomic E-state index is 12.8. The Labute approximate surface area is 214 Å². The van der Waals surface area contributed by atoms with Gasteiger partial charge in [-0.25, -0.2) is 9.48 Å². The molecule has 0 bridgehead atoms. The minimum absolute atomic E-state index is 0.0187. The van der Waals surface area contributed by atoms with Crippen molar-refractivity contribution in [2.75, 3.05) is 5.32 Å². The van der Waals surface area contributed by atoms with E-state index in [0.29, 0.717) is 5.69 Å². The summed E-state index contributed by atoms with van der Waals surface area (Å²) >= 11 is 0. The van der Waals surface area contributed by atoms with Gasteiger partial charge in [-0.2, -0.15) is 5.10 Å². The summed E-state index contributed by atoms with van der Waals surface area (Å²) in [5, 5.41) is 19.4. The molecule has 1 amide bonds. The van der Waals surface area contributed by atoms with Crippen molar-refractivity contribution < 1.29 is 14.7 Å². The van der Waals surface area contributed by atoms with Crippen molar-refractivity contribution in [1.29, 1.82) is 0 Å². The standard InChI is InChI=1S/C31H25N3O3/c1-20(24-13-12-22-8-6-7-11-25(22)18-24)16-30(35)32-28-15-14-26(19-27(28)31(36)37)34-29(17-21(2)33-34)23-9-4-3-5-10-23/h3-19H,1-2H3,(H,32,35)(H,36,37)/b20-16-. The van der Waals surface area contributed by atoms with E-state index in [1.165, 1.54) is 12.1 Å². The van der Waals surface area contributed by atoms with Crippen LogP contribution in [0, 0.1) is 6.92 Å². The van der Waals surface area contributed by atoms with Gasteiger partial charge in [0.25, 0.3) is 0 Å². The van der Waals surface area contributed by atoms with E-state index < -0.39 is 11.9 Å². The zero-order chi connectivity index (χ0) is 25.9. The third-order valence-corrected chi connectivity index (χ3v) is 6.19. The predicted molar refractivity (Wildman–Crippen MR) is 147 cm³/mol. The van der Waals surface area contributed by atoms with E-state index in [-0.39, 0.29) is 11.3 Å². The highest BCUT2D eigenvalue weighted by Gasteiger charge is 2.16. The van der Waals surface area contributed by atoms with E-state index in [1.54, 1.807) is 16.8 Å². The normalized spacial score (nSPS) is 11.5. The molecule has 0 saturated heterocycles. The summed E-state index contributed by atoms with van der Waals surface area (Å²) in [5.74, 6) is -1.54. The number of nitrogens with one attached hydrogen (secondary N) is 1. The van der Waals surface area contributed by atoms with Crippen LogP contribution in [0.1, 0.15) is 28.5 Å². The van der Waals surface area contributed by atoms with Gasteiger partial charge in [0.1, 0.15) is 0 Å².